The van der Waals surface area contributed by atoms with Crippen LogP contribution >= 0.6 is 19.2 Å². The van der Waals surface area contributed by atoms with Crippen molar-refractivity contribution in [2.45, 2.75) is 6.54 Å². The average molecular weight is 174 g/mol. The molecular weight excluding hydrogens is 165 g/mol. The Hall–Kier alpha value is -0.100. The Labute approximate surface area is 67.1 Å². The summed E-state index contributed by atoms with van der Waals surface area (Å²) in [5.74, 6) is 0. The highest BCUT2D eigenvalue weighted by molar-refractivity contribution is 7.74. The largest absolute Gasteiger partial charge is 0.326 e. The van der Waals surface area contributed by atoms with E-state index in [4.69, 9.17) is 17.0 Å². The number of nitrogens with two attached hydrogens (primary N) is 1. The van der Waals surface area contributed by atoms with E-state index in [1.54, 1.807) is 0 Å². The summed E-state index contributed by atoms with van der Waals surface area (Å²) in [5, 5.41) is 1.17. The highest BCUT2D eigenvalue weighted by atomic mass is 35.7. The van der Waals surface area contributed by atoms with Gasteiger partial charge in [0, 0.05) is 14.5 Å². The van der Waals surface area contributed by atoms with Crippen LogP contribution in [0.25, 0.3) is 0 Å². The van der Waals surface area contributed by atoms with E-state index in [9.17, 15) is 0 Å². The van der Waals surface area contributed by atoms with Crippen molar-refractivity contribution in [3.05, 3.63) is 29.8 Å². The van der Waals surface area contributed by atoms with Gasteiger partial charge in [-0.3, -0.25) is 0 Å². The van der Waals surface area contributed by atoms with E-state index in [0.717, 1.165) is 5.56 Å². The minimum atomic E-state index is 0.359. The van der Waals surface area contributed by atoms with Crippen LogP contribution in [0, 0.1) is 0 Å². The van der Waals surface area contributed by atoms with Gasteiger partial charge in [0.2, 0.25) is 0 Å². The lowest BCUT2D eigenvalue weighted by atomic mass is 10.2. The minimum Gasteiger partial charge on any atom is -0.326 e. The van der Waals surface area contributed by atoms with Crippen LogP contribution in [0.15, 0.2) is 24.3 Å². The third kappa shape index (κ3) is 1.95. The molecule has 0 aliphatic rings. The molecule has 0 radical (unpaired) electrons. The summed E-state index contributed by atoms with van der Waals surface area (Å²) in [5.41, 5.74) is 6.56. The average Bonchev–Trinajstić information content (AvgIpc) is 2.05. The number of halogens is 1. The quantitative estimate of drug-likeness (QED) is 0.676. The van der Waals surface area contributed by atoms with Crippen LogP contribution in [0.5, 0.6) is 0 Å². The summed E-state index contributed by atoms with van der Waals surface area (Å²) < 4.78 is 0. The van der Waals surface area contributed by atoms with Gasteiger partial charge >= 0.3 is 0 Å². The van der Waals surface area contributed by atoms with Crippen LogP contribution in [-0.4, -0.2) is 0 Å². The smallest absolute Gasteiger partial charge is 0.0178 e. The van der Waals surface area contributed by atoms with E-state index in [1.807, 2.05) is 24.3 Å². The molecule has 0 fully saturated rings. The molecule has 0 aliphatic carbocycles. The van der Waals surface area contributed by atoms with Gasteiger partial charge in [-0.25, -0.2) is 0 Å². The normalized spacial score (nSPS) is 11.0. The van der Waals surface area contributed by atoms with Gasteiger partial charge in [-0.05, 0) is 10.9 Å². The summed E-state index contributed by atoms with van der Waals surface area (Å²) in [7, 11) is 0.359. The maximum atomic E-state index is 5.62. The molecule has 0 spiro atoms. The molecule has 0 amide bonds. The SMILES string of the molecule is NCc1ccc(PCl)cc1. The van der Waals surface area contributed by atoms with E-state index in [1.165, 1.54) is 5.30 Å². The molecular formula is C7H9ClNP. The van der Waals surface area contributed by atoms with Crippen LogP contribution in [0.4, 0.5) is 0 Å². The van der Waals surface area contributed by atoms with Crippen molar-refractivity contribution >= 4 is 24.5 Å². The van der Waals surface area contributed by atoms with E-state index < -0.39 is 0 Å². The van der Waals surface area contributed by atoms with Gasteiger partial charge in [0.15, 0.2) is 0 Å². The van der Waals surface area contributed by atoms with Crippen molar-refractivity contribution in [1.29, 1.82) is 0 Å². The maximum absolute atomic E-state index is 5.62. The zero-order chi connectivity index (χ0) is 7.40. The molecule has 1 rings (SSSR count). The summed E-state index contributed by atoms with van der Waals surface area (Å²) in [6.45, 7) is 0.603. The molecule has 0 aliphatic heterocycles. The predicted octanol–water partition coefficient (Wildman–Crippen LogP) is 1.60. The fourth-order valence-electron chi connectivity index (χ4n) is 0.704. The second kappa shape index (κ2) is 3.92. The first-order valence-electron chi connectivity index (χ1n) is 3.02. The predicted molar refractivity (Wildman–Crippen MR) is 48.1 cm³/mol. The zero-order valence-electron chi connectivity index (χ0n) is 5.47. The molecule has 1 aromatic rings. The minimum absolute atomic E-state index is 0.359. The van der Waals surface area contributed by atoms with Gasteiger partial charge in [0.05, 0.1) is 0 Å². The second-order valence-corrected chi connectivity index (χ2v) is 3.33. The first kappa shape index (κ1) is 8.00. The van der Waals surface area contributed by atoms with Gasteiger partial charge in [0.25, 0.3) is 0 Å². The summed E-state index contributed by atoms with van der Waals surface area (Å²) in [6, 6.07) is 8.02. The van der Waals surface area contributed by atoms with Crippen LogP contribution in [-0.2, 0) is 6.54 Å². The third-order valence-corrected chi connectivity index (χ3v) is 2.50. The van der Waals surface area contributed by atoms with Crippen molar-refractivity contribution < 1.29 is 0 Å². The van der Waals surface area contributed by atoms with E-state index >= 15 is 0 Å². The Balaban J connectivity index is 2.80. The van der Waals surface area contributed by atoms with Gasteiger partial charge in [-0.2, -0.15) is 0 Å². The molecule has 0 heterocycles. The number of hydrogen-bond donors (Lipinski definition) is 1. The van der Waals surface area contributed by atoms with Gasteiger partial charge in [0.1, 0.15) is 0 Å². The van der Waals surface area contributed by atoms with Crippen molar-refractivity contribution in [3.63, 3.8) is 0 Å². The Morgan fingerprint density at radius 1 is 1.30 bits per heavy atom. The van der Waals surface area contributed by atoms with Crippen molar-refractivity contribution in [1.82, 2.24) is 0 Å². The lowest BCUT2D eigenvalue weighted by molar-refractivity contribution is 1.07. The second-order valence-electron chi connectivity index (χ2n) is 2.00. The summed E-state index contributed by atoms with van der Waals surface area (Å²) in [6.07, 6.45) is 0. The van der Waals surface area contributed by atoms with Gasteiger partial charge < -0.3 is 5.73 Å². The number of rotatable bonds is 2. The Bertz CT molecular complexity index is 174. The molecule has 0 saturated carbocycles. The van der Waals surface area contributed by atoms with E-state index in [0.29, 0.717) is 14.5 Å². The Kier molecular flexibility index (Phi) is 3.14. The molecule has 1 unspecified atom stereocenters. The summed E-state index contributed by atoms with van der Waals surface area (Å²) in [4.78, 5) is 0. The van der Waals surface area contributed by atoms with E-state index in [-0.39, 0.29) is 0 Å². The molecule has 10 heavy (non-hydrogen) atoms. The number of benzene rings is 1. The topological polar surface area (TPSA) is 26.0 Å². The van der Waals surface area contributed by atoms with Gasteiger partial charge in [-0.15, -0.1) is 0 Å². The molecule has 0 saturated heterocycles. The molecule has 3 heteroatoms. The fraction of sp³-hybridized carbons (Fsp3) is 0.143. The monoisotopic (exact) mass is 173 g/mol. The van der Waals surface area contributed by atoms with Crippen LogP contribution in [0.1, 0.15) is 5.56 Å². The van der Waals surface area contributed by atoms with E-state index in [2.05, 4.69) is 0 Å². The zero-order valence-corrected chi connectivity index (χ0v) is 7.23. The Morgan fingerprint density at radius 2 is 1.90 bits per heavy atom. The highest BCUT2D eigenvalue weighted by Gasteiger charge is 1.89. The molecule has 2 N–H and O–H groups in total. The highest BCUT2D eigenvalue weighted by Crippen LogP contribution is 2.14. The van der Waals surface area contributed by atoms with Gasteiger partial charge in [-0.1, -0.05) is 35.5 Å². The first-order valence-corrected chi connectivity index (χ1v) is 5.03. The first-order chi connectivity index (χ1) is 4.86. The van der Waals surface area contributed by atoms with Crippen LogP contribution < -0.4 is 11.0 Å². The number of hydrogen-bond acceptors (Lipinski definition) is 1. The van der Waals surface area contributed by atoms with Crippen LogP contribution in [0.2, 0.25) is 0 Å². The Morgan fingerprint density at radius 3 is 2.30 bits per heavy atom. The lowest BCUT2D eigenvalue weighted by Crippen LogP contribution is -1.98. The lowest BCUT2D eigenvalue weighted by Gasteiger charge is -1.96. The fourth-order valence-corrected chi connectivity index (χ4v) is 1.37. The molecule has 1 aromatic carbocycles. The standard InChI is InChI=1S/C7H9ClNP/c8-10-7-3-1-6(5-9)2-4-7/h1-4,10H,5,9H2. The molecule has 54 valence electrons. The summed E-state index contributed by atoms with van der Waals surface area (Å²) >= 11 is 5.62. The molecule has 1 nitrogen and oxygen atoms in total. The van der Waals surface area contributed by atoms with Crippen molar-refractivity contribution in [2.75, 3.05) is 0 Å². The maximum Gasteiger partial charge on any atom is 0.0178 e. The molecule has 1 atom stereocenters. The third-order valence-electron chi connectivity index (χ3n) is 1.30. The molecule has 0 bridgehead atoms. The van der Waals surface area contributed by atoms with Crippen LogP contribution in [0.3, 0.4) is 0 Å². The van der Waals surface area contributed by atoms with Crippen molar-refractivity contribution in [3.8, 4) is 0 Å². The molecule has 0 aromatic heterocycles. The van der Waals surface area contributed by atoms with Crippen molar-refractivity contribution in [2.24, 2.45) is 5.73 Å².